The Hall–Kier alpha value is -3.42. The summed E-state index contributed by atoms with van der Waals surface area (Å²) in [6.45, 7) is 3.07. The van der Waals surface area contributed by atoms with E-state index in [1.807, 2.05) is 0 Å². The summed E-state index contributed by atoms with van der Waals surface area (Å²) >= 11 is 0. The molecule has 0 spiro atoms. The number of anilines is 1. The standard InChI is InChI=1S/C20H23F5N5O4S/c1-4-33-17-9-18-29(28-20(26)30(18)15(11-31)19(17)34-5-2)10-16(32)12-6-13(27-3)8-14(7-12)35(21,22,23,24)25/h6-9,20,27H,4-5,10,26H2,1-3H3/q+1. The number of benzene rings is 1. The number of rotatable bonds is 9. The first kappa shape index (κ1) is 26.2. The molecule has 1 unspecified atom stereocenters. The van der Waals surface area contributed by atoms with E-state index in [2.05, 4.69) is 10.4 Å². The summed E-state index contributed by atoms with van der Waals surface area (Å²) in [7, 11) is -8.84. The Morgan fingerprint density at radius 3 is 2.40 bits per heavy atom. The van der Waals surface area contributed by atoms with Crippen LogP contribution < -0.4 is 11.1 Å². The number of carbonyl (C=O) groups excluding carboxylic acids is 2. The Bertz CT molecular complexity index is 1220. The monoisotopic (exact) mass is 524 g/mol. The van der Waals surface area contributed by atoms with Crippen molar-refractivity contribution < 1.29 is 43.2 Å². The second-order valence-electron chi connectivity index (χ2n) is 7.36. The number of nitrogens with two attached hydrogens (primary N) is 1. The maximum Gasteiger partial charge on any atom is 0.310 e. The number of nitrogens with zero attached hydrogens (tertiary/aromatic N) is 3. The van der Waals surface area contributed by atoms with Crippen molar-refractivity contribution >= 4 is 27.6 Å². The highest BCUT2D eigenvalue weighted by atomic mass is 32.5. The molecule has 3 rings (SSSR count). The van der Waals surface area contributed by atoms with Crippen LogP contribution in [0.1, 0.15) is 24.2 Å². The van der Waals surface area contributed by atoms with Crippen molar-refractivity contribution in [2.24, 2.45) is 10.8 Å². The van der Waals surface area contributed by atoms with Gasteiger partial charge in [-0.25, -0.2) is 4.79 Å². The van der Waals surface area contributed by atoms with E-state index in [1.165, 1.54) is 18.0 Å². The molecule has 1 aromatic rings. The molecule has 1 atom stereocenters. The third-order valence-electron chi connectivity index (χ3n) is 4.91. The summed E-state index contributed by atoms with van der Waals surface area (Å²) < 4.78 is 79.1. The molecule has 2 aliphatic rings. The van der Waals surface area contributed by atoms with E-state index >= 15 is 0 Å². The predicted molar refractivity (Wildman–Crippen MR) is 117 cm³/mol. The Kier molecular flexibility index (Phi) is 6.25. The molecular formula is C20H23F5N5O4S+. The smallest absolute Gasteiger partial charge is 0.310 e. The Morgan fingerprint density at radius 2 is 1.86 bits per heavy atom. The number of carbonyl (C=O) groups is 1. The number of Topliss-reactive ketones (excluding diaryl/α,β-unsaturated/α-hetero) is 1. The van der Waals surface area contributed by atoms with Gasteiger partial charge in [0.15, 0.2) is 18.2 Å². The zero-order valence-electron chi connectivity index (χ0n) is 18.9. The molecule has 192 valence electrons. The van der Waals surface area contributed by atoms with Gasteiger partial charge in [-0.3, -0.25) is 10.5 Å². The third-order valence-corrected chi connectivity index (χ3v) is 6.04. The summed E-state index contributed by atoms with van der Waals surface area (Å²) in [5, 5.41) is 6.40. The molecular weight excluding hydrogens is 501 g/mol. The maximum absolute atomic E-state index is 13.4. The topological polar surface area (TPSA) is 109 Å². The molecule has 1 aromatic carbocycles. The van der Waals surface area contributed by atoms with Crippen molar-refractivity contribution in [3.63, 3.8) is 0 Å². The Labute approximate surface area is 197 Å². The largest absolute Gasteiger partial charge is 0.489 e. The quantitative estimate of drug-likeness (QED) is 0.213. The molecule has 15 heteroatoms. The number of azo groups is 2. The lowest BCUT2D eigenvalue weighted by molar-refractivity contribution is -0.531. The molecule has 0 saturated heterocycles. The first-order chi connectivity index (χ1) is 16.1. The summed E-state index contributed by atoms with van der Waals surface area (Å²) in [4.78, 5) is 23.6. The fraction of sp³-hybridized carbons (Fsp3) is 0.350. The summed E-state index contributed by atoms with van der Waals surface area (Å²) in [6.07, 6.45) is 0.191. The fourth-order valence-electron chi connectivity index (χ4n) is 3.43. The molecule has 0 radical (unpaired) electrons. The maximum atomic E-state index is 13.4. The van der Waals surface area contributed by atoms with Gasteiger partial charge in [-0.1, -0.05) is 24.5 Å². The van der Waals surface area contributed by atoms with Crippen LogP contribution in [0.15, 0.2) is 57.3 Å². The predicted octanol–water partition coefficient (Wildman–Crippen LogP) is 4.45. The second kappa shape index (κ2) is 8.36. The van der Waals surface area contributed by atoms with Gasteiger partial charge < -0.3 is 14.8 Å². The van der Waals surface area contributed by atoms with Gasteiger partial charge in [-0.05, 0) is 32.0 Å². The molecule has 0 fully saturated rings. The summed E-state index contributed by atoms with van der Waals surface area (Å²) in [5.41, 5.74) is 4.88. The normalized spacial score (nSPS) is 19.7. The van der Waals surface area contributed by atoms with E-state index in [-0.39, 0.29) is 54.1 Å². The van der Waals surface area contributed by atoms with Crippen molar-refractivity contribution in [1.29, 1.82) is 0 Å². The summed E-state index contributed by atoms with van der Waals surface area (Å²) in [6, 6.07) is 1.34. The van der Waals surface area contributed by atoms with Gasteiger partial charge in [0.1, 0.15) is 4.90 Å². The highest BCUT2D eigenvalue weighted by Gasteiger charge is 2.65. The van der Waals surface area contributed by atoms with Gasteiger partial charge in [0.05, 0.1) is 19.3 Å². The number of hydrogen-bond donors (Lipinski definition) is 2. The van der Waals surface area contributed by atoms with Gasteiger partial charge in [-0.15, -0.1) is 4.70 Å². The minimum Gasteiger partial charge on any atom is -0.489 e. The number of fused-ring (bicyclic) bond motifs is 1. The Morgan fingerprint density at radius 1 is 1.20 bits per heavy atom. The third kappa shape index (κ3) is 5.31. The molecule has 9 nitrogen and oxygen atoms in total. The van der Waals surface area contributed by atoms with Crippen LogP contribution in [-0.2, 0) is 14.3 Å². The van der Waals surface area contributed by atoms with E-state index in [4.69, 9.17) is 15.2 Å². The number of nitrogens with one attached hydrogen (secondary N) is 1. The number of ether oxygens (including phenoxy) is 2. The van der Waals surface area contributed by atoms with E-state index in [9.17, 15) is 29.0 Å². The van der Waals surface area contributed by atoms with Crippen molar-refractivity contribution in [2.75, 3.05) is 32.1 Å². The van der Waals surface area contributed by atoms with Crippen molar-refractivity contribution in [3.8, 4) is 0 Å². The molecule has 0 saturated carbocycles. The SMILES string of the molecule is CCOC1=C(OCC)C(=C=O)N2C(=C1)[N+](CC(=O)c1cc(NC)cc(S(F)(F)(F)(F)F)c1)=NC2N. The zero-order chi connectivity index (χ0) is 26.2. The highest BCUT2D eigenvalue weighted by molar-refractivity contribution is 8.45. The number of ketones is 1. The van der Waals surface area contributed by atoms with Crippen LogP contribution in [-0.4, -0.2) is 54.4 Å². The van der Waals surface area contributed by atoms with E-state index < -0.39 is 39.3 Å². The van der Waals surface area contributed by atoms with Gasteiger partial charge in [0.25, 0.3) is 12.0 Å². The van der Waals surface area contributed by atoms with Crippen molar-refractivity contribution in [2.45, 2.75) is 25.0 Å². The van der Waals surface area contributed by atoms with Crippen LogP contribution >= 0.6 is 10.2 Å². The van der Waals surface area contributed by atoms with Gasteiger partial charge in [0, 0.05) is 18.3 Å². The second-order valence-corrected chi connectivity index (χ2v) is 9.77. The molecule has 3 N–H and O–H groups in total. The molecule has 0 aliphatic carbocycles. The first-order valence-electron chi connectivity index (χ1n) is 10.2. The minimum absolute atomic E-state index is 0.0502. The van der Waals surface area contributed by atoms with Crippen LogP contribution in [0.5, 0.6) is 0 Å². The minimum atomic E-state index is -10.1. The molecule has 2 heterocycles. The van der Waals surface area contributed by atoms with Crippen LogP contribution in [0.4, 0.5) is 25.1 Å². The average Bonchev–Trinajstić information content (AvgIpc) is 3.07. The fourth-order valence-corrected chi connectivity index (χ4v) is 4.13. The van der Waals surface area contributed by atoms with Gasteiger partial charge in [-0.2, -0.15) is 4.90 Å². The lowest BCUT2D eigenvalue weighted by atomic mass is 10.1. The Balaban J connectivity index is 2.03. The number of halogens is 5. The molecule has 0 bridgehead atoms. The van der Waals surface area contributed by atoms with Crippen LogP contribution in [0.3, 0.4) is 0 Å². The van der Waals surface area contributed by atoms with E-state index in [0.29, 0.717) is 0 Å². The van der Waals surface area contributed by atoms with Crippen LogP contribution in [0.25, 0.3) is 0 Å². The van der Waals surface area contributed by atoms with Crippen LogP contribution in [0.2, 0.25) is 0 Å². The number of allylic oxidation sites excluding steroid dienone is 1. The molecule has 35 heavy (non-hydrogen) atoms. The average molecular weight is 524 g/mol. The van der Waals surface area contributed by atoms with Crippen molar-refractivity contribution in [3.05, 3.63) is 52.9 Å². The zero-order valence-corrected chi connectivity index (χ0v) is 19.7. The summed E-state index contributed by atoms with van der Waals surface area (Å²) in [5.74, 6) is 1.01. The lowest BCUT2D eigenvalue weighted by Crippen LogP contribution is -2.39. The van der Waals surface area contributed by atoms with E-state index in [1.54, 1.807) is 19.8 Å². The highest BCUT2D eigenvalue weighted by Crippen LogP contribution is 3.02. The molecule has 0 aromatic heterocycles. The first-order valence-corrected chi connectivity index (χ1v) is 12.2. The van der Waals surface area contributed by atoms with Crippen LogP contribution in [0, 0.1) is 0 Å². The number of hydrogen-bond acceptors (Lipinski definition) is 8. The van der Waals surface area contributed by atoms with Crippen molar-refractivity contribution in [1.82, 2.24) is 4.90 Å². The lowest BCUT2D eigenvalue weighted by Gasteiger charge is -2.40. The molecule has 2 aliphatic heterocycles. The van der Waals surface area contributed by atoms with Gasteiger partial charge in [0.2, 0.25) is 11.5 Å². The van der Waals surface area contributed by atoms with Gasteiger partial charge >= 0.3 is 16.0 Å². The van der Waals surface area contributed by atoms with E-state index in [0.717, 1.165) is 10.8 Å². The molecule has 0 amide bonds.